The maximum atomic E-state index is 10.7. The molecule has 1 rings (SSSR count). The Bertz CT molecular complexity index is 504. The highest BCUT2D eigenvalue weighted by atomic mass is 16.5. The fraction of sp³-hybridized carbons (Fsp3) is 0.579. The van der Waals surface area contributed by atoms with E-state index >= 15 is 0 Å². The van der Waals surface area contributed by atoms with Gasteiger partial charge in [0, 0.05) is 18.9 Å². The van der Waals surface area contributed by atoms with Crippen LogP contribution in [-0.2, 0) is 16.0 Å². The lowest BCUT2D eigenvalue weighted by Crippen LogP contribution is -2.10. The number of hydrogen-bond donors (Lipinski definition) is 2. The topological polar surface area (TPSA) is 105 Å². The van der Waals surface area contributed by atoms with Gasteiger partial charge in [-0.1, -0.05) is 13.3 Å². The van der Waals surface area contributed by atoms with Gasteiger partial charge in [-0.3, -0.25) is 9.59 Å². The van der Waals surface area contributed by atoms with Crippen LogP contribution in [0.4, 0.5) is 0 Å². The third kappa shape index (κ3) is 10.3. The van der Waals surface area contributed by atoms with E-state index in [1.807, 2.05) is 18.2 Å². The van der Waals surface area contributed by atoms with Crippen LogP contribution in [0.25, 0.3) is 0 Å². The summed E-state index contributed by atoms with van der Waals surface area (Å²) in [6, 6.07) is 5.93. The predicted octanol–water partition coefficient (Wildman–Crippen LogP) is 2.71. The highest BCUT2D eigenvalue weighted by molar-refractivity contribution is 5.73. The zero-order valence-corrected chi connectivity index (χ0v) is 15.1. The van der Waals surface area contributed by atoms with Crippen molar-refractivity contribution in [2.45, 2.75) is 58.3 Å². The van der Waals surface area contributed by atoms with E-state index in [0.29, 0.717) is 26.1 Å². The Balaban J connectivity index is 2.48. The first-order valence-electron chi connectivity index (χ1n) is 8.97. The number of nitrogens with two attached hydrogens (primary N) is 2. The van der Waals surface area contributed by atoms with Crippen LogP contribution in [0, 0.1) is 0 Å². The maximum absolute atomic E-state index is 10.7. The third-order valence-electron chi connectivity index (χ3n) is 3.65. The molecule has 4 N–H and O–H groups in total. The van der Waals surface area contributed by atoms with Crippen molar-refractivity contribution in [1.29, 1.82) is 0 Å². The summed E-state index contributed by atoms with van der Waals surface area (Å²) in [4.78, 5) is 21.4. The van der Waals surface area contributed by atoms with E-state index in [4.69, 9.17) is 20.9 Å². The van der Waals surface area contributed by atoms with Crippen molar-refractivity contribution < 1.29 is 19.1 Å². The number of aryl methyl sites for hydroxylation is 1. The molecular formula is C19H30N2O4. The molecule has 0 aromatic heterocycles. The van der Waals surface area contributed by atoms with E-state index in [9.17, 15) is 9.59 Å². The average molecular weight is 350 g/mol. The number of primary amides is 2. The lowest BCUT2D eigenvalue weighted by atomic mass is 10.1. The molecule has 0 spiro atoms. The lowest BCUT2D eigenvalue weighted by molar-refractivity contribution is -0.119. The second-order valence-electron chi connectivity index (χ2n) is 6.11. The Morgan fingerprint density at radius 3 is 1.72 bits per heavy atom. The molecule has 0 atom stereocenters. The third-order valence-corrected chi connectivity index (χ3v) is 3.65. The Morgan fingerprint density at radius 1 is 0.840 bits per heavy atom. The van der Waals surface area contributed by atoms with E-state index in [1.165, 1.54) is 5.56 Å². The van der Waals surface area contributed by atoms with Gasteiger partial charge in [-0.15, -0.1) is 0 Å². The maximum Gasteiger partial charge on any atom is 0.217 e. The normalized spacial score (nSPS) is 10.4. The molecule has 0 aliphatic heterocycles. The molecule has 0 aliphatic carbocycles. The Hall–Kier alpha value is -2.24. The molecule has 6 nitrogen and oxygen atoms in total. The summed E-state index contributed by atoms with van der Waals surface area (Å²) >= 11 is 0. The van der Waals surface area contributed by atoms with Gasteiger partial charge in [-0.05, 0) is 49.8 Å². The molecule has 0 fully saturated rings. The van der Waals surface area contributed by atoms with E-state index in [0.717, 1.165) is 50.0 Å². The van der Waals surface area contributed by atoms with E-state index < -0.39 is 0 Å². The van der Waals surface area contributed by atoms with Crippen LogP contribution in [0.5, 0.6) is 11.5 Å². The minimum Gasteiger partial charge on any atom is -0.493 e. The van der Waals surface area contributed by atoms with Crippen LogP contribution in [0.2, 0.25) is 0 Å². The molecule has 0 bridgehead atoms. The molecule has 0 saturated carbocycles. The quantitative estimate of drug-likeness (QED) is 0.503. The number of carbonyl (C=O) groups excluding carboxylic acids is 2. The SMILES string of the molecule is CCCc1cc(OCCCCC(N)=O)cc(OCCCCC(N)=O)c1. The summed E-state index contributed by atoms with van der Waals surface area (Å²) in [6.07, 6.45) is 5.80. The van der Waals surface area contributed by atoms with Crippen LogP contribution in [0.15, 0.2) is 18.2 Å². The van der Waals surface area contributed by atoms with Crippen molar-refractivity contribution in [3.8, 4) is 11.5 Å². The second kappa shape index (κ2) is 12.2. The molecule has 0 radical (unpaired) electrons. The van der Waals surface area contributed by atoms with Crippen molar-refractivity contribution in [1.82, 2.24) is 0 Å². The van der Waals surface area contributed by atoms with Gasteiger partial charge in [-0.2, -0.15) is 0 Å². The van der Waals surface area contributed by atoms with Crippen LogP contribution in [-0.4, -0.2) is 25.0 Å². The molecule has 6 heteroatoms. The number of hydrogen-bond acceptors (Lipinski definition) is 4. The minimum absolute atomic E-state index is 0.281. The summed E-state index contributed by atoms with van der Waals surface area (Å²) in [7, 11) is 0. The molecule has 0 saturated heterocycles. The number of benzene rings is 1. The first-order chi connectivity index (χ1) is 12.0. The molecule has 0 aliphatic rings. The smallest absolute Gasteiger partial charge is 0.217 e. The number of amides is 2. The van der Waals surface area contributed by atoms with Gasteiger partial charge < -0.3 is 20.9 Å². The van der Waals surface area contributed by atoms with Crippen molar-refractivity contribution in [2.24, 2.45) is 11.5 Å². The van der Waals surface area contributed by atoms with E-state index in [-0.39, 0.29) is 11.8 Å². The zero-order valence-electron chi connectivity index (χ0n) is 15.1. The molecular weight excluding hydrogens is 320 g/mol. The standard InChI is InChI=1S/C19H30N2O4/c1-2-7-15-12-16(24-10-5-3-8-18(20)22)14-17(13-15)25-11-6-4-9-19(21)23/h12-14H,2-11H2,1H3,(H2,20,22)(H2,21,23). The van der Waals surface area contributed by atoms with E-state index in [2.05, 4.69) is 6.92 Å². The first kappa shape index (κ1) is 20.8. The second-order valence-corrected chi connectivity index (χ2v) is 6.11. The number of carbonyl (C=O) groups is 2. The molecule has 0 heterocycles. The molecule has 1 aromatic carbocycles. The summed E-state index contributed by atoms with van der Waals surface area (Å²) in [6.45, 7) is 3.21. The lowest BCUT2D eigenvalue weighted by Gasteiger charge is -2.12. The Morgan fingerprint density at radius 2 is 1.32 bits per heavy atom. The first-order valence-corrected chi connectivity index (χ1v) is 8.97. The van der Waals surface area contributed by atoms with Crippen molar-refractivity contribution in [3.05, 3.63) is 23.8 Å². The average Bonchev–Trinajstić information content (AvgIpc) is 2.54. The van der Waals surface area contributed by atoms with Crippen molar-refractivity contribution in [2.75, 3.05) is 13.2 Å². The van der Waals surface area contributed by atoms with Gasteiger partial charge in [0.1, 0.15) is 11.5 Å². The molecule has 2 amide bonds. The fourth-order valence-electron chi connectivity index (χ4n) is 2.41. The Labute approximate surface area is 149 Å². The van der Waals surface area contributed by atoms with Crippen molar-refractivity contribution in [3.63, 3.8) is 0 Å². The van der Waals surface area contributed by atoms with E-state index in [1.54, 1.807) is 0 Å². The summed E-state index contributed by atoms with van der Waals surface area (Å²) in [5, 5.41) is 0. The van der Waals surface area contributed by atoms with Crippen LogP contribution >= 0.6 is 0 Å². The zero-order chi connectivity index (χ0) is 18.5. The summed E-state index contributed by atoms with van der Waals surface area (Å²) < 4.78 is 11.6. The number of unbranched alkanes of at least 4 members (excludes halogenated alkanes) is 2. The van der Waals surface area contributed by atoms with Gasteiger partial charge >= 0.3 is 0 Å². The fourth-order valence-corrected chi connectivity index (χ4v) is 2.41. The highest BCUT2D eigenvalue weighted by Crippen LogP contribution is 2.24. The number of ether oxygens (including phenoxy) is 2. The van der Waals surface area contributed by atoms with Crippen LogP contribution < -0.4 is 20.9 Å². The Kier molecular flexibility index (Phi) is 10.1. The number of rotatable bonds is 14. The predicted molar refractivity (Wildman–Crippen MR) is 97.5 cm³/mol. The van der Waals surface area contributed by atoms with Gasteiger partial charge in [0.2, 0.25) is 11.8 Å². The molecule has 0 unspecified atom stereocenters. The molecule has 25 heavy (non-hydrogen) atoms. The highest BCUT2D eigenvalue weighted by Gasteiger charge is 2.04. The van der Waals surface area contributed by atoms with Crippen LogP contribution in [0.3, 0.4) is 0 Å². The summed E-state index contributed by atoms with van der Waals surface area (Å²) in [5.41, 5.74) is 11.4. The van der Waals surface area contributed by atoms with Gasteiger partial charge in [0.25, 0.3) is 0 Å². The molecule has 1 aromatic rings. The monoisotopic (exact) mass is 350 g/mol. The summed E-state index contributed by atoms with van der Waals surface area (Å²) in [5.74, 6) is 0.989. The largest absolute Gasteiger partial charge is 0.493 e. The van der Waals surface area contributed by atoms with Crippen molar-refractivity contribution >= 4 is 11.8 Å². The van der Waals surface area contributed by atoms with Gasteiger partial charge in [0.05, 0.1) is 13.2 Å². The van der Waals surface area contributed by atoms with Gasteiger partial charge in [-0.25, -0.2) is 0 Å². The van der Waals surface area contributed by atoms with Gasteiger partial charge in [0.15, 0.2) is 0 Å². The van der Waals surface area contributed by atoms with Crippen LogP contribution in [0.1, 0.15) is 57.4 Å². The minimum atomic E-state index is -0.281. The molecule has 140 valence electrons.